The lowest BCUT2D eigenvalue weighted by Gasteiger charge is -2.28. The molecule has 1 nitrogen and oxygen atoms in total. The van der Waals surface area contributed by atoms with Crippen molar-refractivity contribution in [1.29, 1.82) is 0 Å². The first-order chi connectivity index (χ1) is 10.7. The first-order valence-corrected chi connectivity index (χ1v) is 7.50. The number of hydrogen-bond acceptors (Lipinski definition) is 1. The minimum absolute atomic E-state index is 0.216. The molecule has 0 radical (unpaired) electrons. The number of carbonyl (C=O) groups is 1. The van der Waals surface area contributed by atoms with Gasteiger partial charge in [0.25, 0.3) is 0 Å². The van der Waals surface area contributed by atoms with Crippen LogP contribution in [0.5, 0.6) is 0 Å². The van der Waals surface area contributed by atoms with Crippen molar-refractivity contribution in [3.8, 4) is 11.1 Å². The van der Waals surface area contributed by atoms with Crippen molar-refractivity contribution in [3.05, 3.63) is 95.1 Å². The predicted molar refractivity (Wildman–Crippen MR) is 89.3 cm³/mol. The monoisotopic (exact) mass is 284 g/mol. The van der Waals surface area contributed by atoms with Crippen molar-refractivity contribution in [2.75, 3.05) is 0 Å². The lowest BCUT2D eigenvalue weighted by molar-refractivity contribution is 0.112. The van der Waals surface area contributed by atoms with Gasteiger partial charge in [0, 0.05) is 11.0 Å². The normalized spacial score (nSPS) is 14.2. The molecule has 3 aromatic carbocycles. The van der Waals surface area contributed by atoms with E-state index in [-0.39, 0.29) is 5.41 Å². The van der Waals surface area contributed by atoms with E-state index in [1.54, 1.807) is 0 Å². The lowest BCUT2D eigenvalue weighted by Crippen LogP contribution is -2.22. The second kappa shape index (κ2) is 4.67. The van der Waals surface area contributed by atoms with Crippen molar-refractivity contribution in [3.63, 3.8) is 0 Å². The van der Waals surface area contributed by atoms with Gasteiger partial charge in [-0.3, -0.25) is 4.79 Å². The minimum Gasteiger partial charge on any atom is -0.298 e. The van der Waals surface area contributed by atoms with Crippen LogP contribution >= 0.6 is 0 Å². The summed E-state index contributed by atoms with van der Waals surface area (Å²) in [6.07, 6.45) is 0.916. The van der Waals surface area contributed by atoms with Crippen molar-refractivity contribution >= 4 is 6.29 Å². The minimum atomic E-state index is -0.216. The Morgan fingerprint density at radius 3 is 1.95 bits per heavy atom. The van der Waals surface area contributed by atoms with E-state index in [1.807, 2.05) is 18.2 Å². The van der Waals surface area contributed by atoms with Crippen molar-refractivity contribution in [1.82, 2.24) is 0 Å². The topological polar surface area (TPSA) is 17.1 Å². The fourth-order valence-electron chi connectivity index (χ4n) is 3.69. The smallest absolute Gasteiger partial charge is 0.150 e. The van der Waals surface area contributed by atoms with Gasteiger partial charge in [0.1, 0.15) is 6.29 Å². The standard InChI is InChI=1S/C21H16O/c1-21(16-8-6-7-15(13-16)14-22)19-11-4-2-9-17(19)18-10-3-5-12-20(18)21/h2-14H,1H3. The van der Waals surface area contributed by atoms with Crippen LogP contribution in [-0.2, 0) is 5.41 Å². The molecule has 0 bridgehead atoms. The molecule has 0 N–H and O–H groups in total. The van der Waals surface area contributed by atoms with Gasteiger partial charge in [0.2, 0.25) is 0 Å². The number of carbonyl (C=O) groups excluding carboxylic acids is 1. The second-order valence-electron chi connectivity index (χ2n) is 5.96. The third-order valence-electron chi connectivity index (χ3n) is 4.82. The molecule has 0 unspecified atom stereocenters. The highest BCUT2D eigenvalue weighted by atomic mass is 16.1. The summed E-state index contributed by atoms with van der Waals surface area (Å²) < 4.78 is 0. The average molecular weight is 284 g/mol. The molecular weight excluding hydrogens is 268 g/mol. The maximum absolute atomic E-state index is 11.2. The Kier molecular flexibility index (Phi) is 2.77. The molecule has 0 spiro atoms. The van der Waals surface area contributed by atoms with Crippen LogP contribution in [0.3, 0.4) is 0 Å². The van der Waals surface area contributed by atoms with E-state index in [1.165, 1.54) is 22.3 Å². The summed E-state index contributed by atoms with van der Waals surface area (Å²) in [5.41, 5.74) is 6.86. The fraction of sp³-hybridized carbons (Fsp3) is 0.0952. The van der Waals surface area contributed by atoms with Gasteiger partial charge < -0.3 is 0 Å². The van der Waals surface area contributed by atoms with Gasteiger partial charge in [-0.15, -0.1) is 0 Å². The molecule has 106 valence electrons. The predicted octanol–water partition coefficient (Wildman–Crippen LogP) is 4.83. The summed E-state index contributed by atoms with van der Waals surface area (Å²) in [6, 6.07) is 25.1. The van der Waals surface area contributed by atoms with E-state index in [9.17, 15) is 4.79 Å². The van der Waals surface area contributed by atoms with Crippen LogP contribution in [0.15, 0.2) is 72.8 Å². The molecule has 1 aliphatic rings. The molecule has 0 saturated carbocycles. The number of aldehydes is 1. The SMILES string of the molecule is CC1(c2cccc(C=O)c2)c2ccccc2-c2ccccc21. The zero-order chi connectivity index (χ0) is 15.2. The summed E-state index contributed by atoms with van der Waals surface area (Å²) in [4.78, 5) is 11.2. The van der Waals surface area contributed by atoms with E-state index in [2.05, 4.69) is 61.5 Å². The lowest BCUT2D eigenvalue weighted by atomic mass is 9.74. The summed E-state index contributed by atoms with van der Waals surface area (Å²) >= 11 is 0. The zero-order valence-electron chi connectivity index (χ0n) is 12.4. The van der Waals surface area contributed by atoms with Gasteiger partial charge in [-0.25, -0.2) is 0 Å². The van der Waals surface area contributed by atoms with Crippen LogP contribution in [-0.4, -0.2) is 6.29 Å². The maximum atomic E-state index is 11.2. The van der Waals surface area contributed by atoms with Gasteiger partial charge in [-0.2, -0.15) is 0 Å². The molecule has 22 heavy (non-hydrogen) atoms. The quantitative estimate of drug-likeness (QED) is 0.616. The van der Waals surface area contributed by atoms with Gasteiger partial charge in [0.15, 0.2) is 0 Å². The van der Waals surface area contributed by atoms with Crippen LogP contribution in [0.1, 0.15) is 34.0 Å². The van der Waals surface area contributed by atoms with E-state index < -0.39 is 0 Å². The first-order valence-electron chi connectivity index (χ1n) is 7.50. The largest absolute Gasteiger partial charge is 0.298 e. The van der Waals surface area contributed by atoms with E-state index in [0.717, 1.165) is 17.4 Å². The Labute approximate surface area is 130 Å². The van der Waals surface area contributed by atoms with Crippen LogP contribution in [0.2, 0.25) is 0 Å². The van der Waals surface area contributed by atoms with E-state index in [0.29, 0.717) is 0 Å². The average Bonchev–Trinajstić information content (AvgIpc) is 2.86. The first kappa shape index (κ1) is 13.0. The Morgan fingerprint density at radius 1 is 0.773 bits per heavy atom. The van der Waals surface area contributed by atoms with Gasteiger partial charge in [-0.1, -0.05) is 66.7 Å². The van der Waals surface area contributed by atoms with Crippen LogP contribution in [0.25, 0.3) is 11.1 Å². The number of rotatable bonds is 2. The molecule has 1 heteroatoms. The molecule has 0 amide bonds. The molecule has 0 atom stereocenters. The maximum Gasteiger partial charge on any atom is 0.150 e. The Hall–Kier alpha value is -2.67. The third-order valence-corrected chi connectivity index (χ3v) is 4.82. The number of hydrogen-bond donors (Lipinski definition) is 0. The van der Waals surface area contributed by atoms with E-state index >= 15 is 0 Å². The summed E-state index contributed by atoms with van der Waals surface area (Å²) in [6.45, 7) is 2.25. The molecule has 0 heterocycles. The van der Waals surface area contributed by atoms with Crippen molar-refractivity contribution in [2.24, 2.45) is 0 Å². The van der Waals surface area contributed by atoms with Crippen LogP contribution < -0.4 is 0 Å². The molecule has 1 aliphatic carbocycles. The third kappa shape index (κ3) is 1.62. The highest BCUT2D eigenvalue weighted by Gasteiger charge is 2.40. The summed E-state index contributed by atoms with van der Waals surface area (Å²) in [5.74, 6) is 0. The summed E-state index contributed by atoms with van der Waals surface area (Å²) in [7, 11) is 0. The fourth-order valence-corrected chi connectivity index (χ4v) is 3.69. The Balaban J connectivity index is 2.06. The molecule has 3 aromatic rings. The van der Waals surface area contributed by atoms with Crippen LogP contribution in [0, 0.1) is 0 Å². The molecular formula is C21H16O. The number of benzene rings is 3. The van der Waals surface area contributed by atoms with Gasteiger partial charge in [-0.05, 0) is 40.8 Å². The second-order valence-corrected chi connectivity index (χ2v) is 5.96. The Morgan fingerprint density at radius 2 is 1.36 bits per heavy atom. The molecule has 0 saturated heterocycles. The van der Waals surface area contributed by atoms with E-state index in [4.69, 9.17) is 0 Å². The van der Waals surface area contributed by atoms with Gasteiger partial charge in [0.05, 0.1) is 0 Å². The van der Waals surface area contributed by atoms with Crippen molar-refractivity contribution in [2.45, 2.75) is 12.3 Å². The molecule has 4 rings (SSSR count). The Bertz CT molecular complexity index is 831. The molecule has 0 fully saturated rings. The van der Waals surface area contributed by atoms with Crippen LogP contribution in [0.4, 0.5) is 0 Å². The zero-order valence-corrected chi connectivity index (χ0v) is 12.4. The van der Waals surface area contributed by atoms with Crippen molar-refractivity contribution < 1.29 is 4.79 Å². The highest BCUT2D eigenvalue weighted by molar-refractivity contribution is 5.84. The highest BCUT2D eigenvalue weighted by Crippen LogP contribution is 2.51. The number of fused-ring (bicyclic) bond motifs is 3. The summed E-state index contributed by atoms with van der Waals surface area (Å²) in [5, 5.41) is 0. The van der Waals surface area contributed by atoms with Gasteiger partial charge >= 0.3 is 0 Å². The molecule has 0 aliphatic heterocycles. The molecule has 0 aromatic heterocycles.